The molecule has 0 aromatic heterocycles. The fraction of sp³-hybridized carbons (Fsp3) is 0.538. The van der Waals surface area contributed by atoms with Crippen LogP contribution < -0.4 is 14.8 Å². The van der Waals surface area contributed by atoms with Crippen LogP contribution in [-0.2, 0) is 0 Å². The Morgan fingerprint density at radius 3 is 2.41 bits per heavy atom. The van der Waals surface area contributed by atoms with E-state index in [1.165, 1.54) is 18.4 Å². The third-order valence-electron chi connectivity index (χ3n) is 3.22. The molecule has 0 aliphatic carbocycles. The molecule has 96 valence electrons. The van der Waals surface area contributed by atoms with Crippen molar-refractivity contribution >= 4 is 12.4 Å². The van der Waals surface area contributed by atoms with Crippen LogP contribution in [0.1, 0.15) is 24.3 Å². The van der Waals surface area contributed by atoms with Crippen LogP contribution in [0, 0.1) is 0 Å². The predicted octanol–water partition coefficient (Wildman–Crippen LogP) is 2.59. The monoisotopic (exact) mass is 257 g/mol. The van der Waals surface area contributed by atoms with Crippen molar-refractivity contribution in [3.63, 3.8) is 0 Å². The third-order valence-corrected chi connectivity index (χ3v) is 3.22. The smallest absolute Gasteiger partial charge is 0.122 e. The van der Waals surface area contributed by atoms with E-state index in [-0.39, 0.29) is 12.4 Å². The van der Waals surface area contributed by atoms with Crippen molar-refractivity contribution in [2.75, 3.05) is 27.3 Å². The van der Waals surface area contributed by atoms with Crippen molar-refractivity contribution in [1.29, 1.82) is 0 Å². The molecular formula is C13H20ClNO2. The first kappa shape index (κ1) is 14.1. The van der Waals surface area contributed by atoms with Gasteiger partial charge in [0, 0.05) is 5.56 Å². The Kier molecular flexibility index (Phi) is 5.59. The molecular weight excluding hydrogens is 238 g/mol. The molecule has 4 heteroatoms. The van der Waals surface area contributed by atoms with Crippen molar-refractivity contribution in [3.05, 3.63) is 23.8 Å². The average Bonchev–Trinajstić information content (AvgIpc) is 2.39. The summed E-state index contributed by atoms with van der Waals surface area (Å²) in [6, 6.07) is 6.05. The minimum absolute atomic E-state index is 0. The number of rotatable bonds is 3. The molecule has 0 unspecified atom stereocenters. The zero-order valence-corrected chi connectivity index (χ0v) is 11.2. The summed E-state index contributed by atoms with van der Waals surface area (Å²) in [5, 5.41) is 3.38. The first-order valence-electron chi connectivity index (χ1n) is 5.78. The van der Waals surface area contributed by atoms with Crippen LogP contribution in [0.15, 0.2) is 18.2 Å². The molecule has 0 saturated carbocycles. The van der Waals surface area contributed by atoms with Gasteiger partial charge in [-0.15, -0.1) is 12.4 Å². The Morgan fingerprint density at radius 1 is 1.12 bits per heavy atom. The molecule has 1 aromatic carbocycles. The maximum absolute atomic E-state index is 5.42. The summed E-state index contributed by atoms with van der Waals surface area (Å²) < 4.78 is 10.7. The van der Waals surface area contributed by atoms with E-state index in [2.05, 4.69) is 11.4 Å². The molecule has 1 heterocycles. The number of ether oxygens (including phenoxy) is 2. The summed E-state index contributed by atoms with van der Waals surface area (Å²) in [5.74, 6) is 2.48. The molecule has 0 atom stereocenters. The maximum atomic E-state index is 5.42. The molecule has 17 heavy (non-hydrogen) atoms. The predicted molar refractivity (Wildman–Crippen MR) is 71.6 cm³/mol. The number of piperidine rings is 1. The highest BCUT2D eigenvalue weighted by Gasteiger charge is 2.19. The fourth-order valence-electron chi connectivity index (χ4n) is 2.29. The second-order valence-corrected chi connectivity index (χ2v) is 4.13. The summed E-state index contributed by atoms with van der Waals surface area (Å²) >= 11 is 0. The van der Waals surface area contributed by atoms with Gasteiger partial charge in [-0.1, -0.05) is 0 Å². The highest BCUT2D eigenvalue weighted by molar-refractivity contribution is 5.85. The summed E-state index contributed by atoms with van der Waals surface area (Å²) in [4.78, 5) is 0. The Hall–Kier alpha value is -0.930. The lowest BCUT2D eigenvalue weighted by atomic mass is 9.89. The second-order valence-electron chi connectivity index (χ2n) is 4.13. The van der Waals surface area contributed by atoms with Gasteiger partial charge in [0.05, 0.1) is 14.2 Å². The number of nitrogens with one attached hydrogen (secondary N) is 1. The molecule has 0 radical (unpaired) electrons. The fourth-order valence-corrected chi connectivity index (χ4v) is 2.29. The van der Waals surface area contributed by atoms with Gasteiger partial charge in [-0.25, -0.2) is 0 Å². The molecule has 0 spiro atoms. The first-order chi connectivity index (χ1) is 7.85. The number of hydrogen-bond donors (Lipinski definition) is 1. The quantitative estimate of drug-likeness (QED) is 0.903. The minimum Gasteiger partial charge on any atom is -0.497 e. The molecule has 1 saturated heterocycles. The molecule has 1 fully saturated rings. The SMILES string of the molecule is COc1ccc(OC)c(C2CCNCC2)c1.Cl. The minimum atomic E-state index is 0. The van der Waals surface area contributed by atoms with Crippen LogP contribution in [-0.4, -0.2) is 27.3 Å². The van der Waals surface area contributed by atoms with Crippen LogP contribution in [0.4, 0.5) is 0 Å². The largest absolute Gasteiger partial charge is 0.497 e. The van der Waals surface area contributed by atoms with Crippen molar-refractivity contribution in [2.45, 2.75) is 18.8 Å². The molecule has 0 bridgehead atoms. The maximum Gasteiger partial charge on any atom is 0.122 e. The van der Waals surface area contributed by atoms with Crippen molar-refractivity contribution in [2.24, 2.45) is 0 Å². The highest BCUT2D eigenvalue weighted by Crippen LogP contribution is 2.35. The van der Waals surface area contributed by atoms with E-state index >= 15 is 0 Å². The zero-order chi connectivity index (χ0) is 11.4. The number of halogens is 1. The molecule has 1 aliphatic heterocycles. The molecule has 1 aromatic rings. The van der Waals surface area contributed by atoms with Crippen LogP contribution in [0.2, 0.25) is 0 Å². The number of methoxy groups -OCH3 is 2. The van der Waals surface area contributed by atoms with Gasteiger partial charge in [0.1, 0.15) is 11.5 Å². The average molecular weight is 258 g/mol. The van der Waals surface area contributed by atoms with Gasteiger partial charge < -0.3 is 14.8 Å². The lowest BCUT2D eigenvalue weighted by Gasteiger charge is -2.24. The van der Waals surface area contributed by atoms with Crippen LogP contribution in [0.3, 0.4) is 0 Å². The van der Waals surface area contributed by atoms with Gasteiger partial charge >= 0.3 is 0 Å². The summed E-state index contributed by atoms with van der Waals surface area (Å²) in [7, 11) is 3.43. The molecule has 0 amide bonds. The Labute approximate surface area is 109 Å². The molecule has 3 nitrogen and oxygen atoms in total. The van der Waals surface area contributed by atoms with E-state index < -0.39 is 0 Å². The summed E-state index contributed by atoms with van der Waals surface area (Å²) in [6.45, 7) is 2.18. The third kappa shape index (κ3) is 3.27. The van der Waals surface area contributed by atoms with Crippen LogP contribution in [0.5, 0.6) is 11.5 Å². The van der Waals surface area contributed by atoms with Gasteiger partial charge in [-0.05, 0) is 50.0 Å². The lowest BCUT2D eigenvalue weighted by molar-refractivity contribution is 0.383. The summed E-state index contributed by atoms with van der Waals surface area (Å²) in [6.07, 6.45) is 2.34. The van der Waals surface area contributed by atoms with Crippen LogP contribution in [0.25, 0.3) is 0 Å². The van der Waals surface area contributed by atoms with Crippen molar-refractivity contribution in [3.8, 4) is 11.5 Å². The van der Waals surface area contributed by atoms with Gasteiger partial charge in [0.2, 0.25) is 0 Å². The number of hydrogen-bond acceptors (Lipinski definition) is 3. The standard InChI is InChI=1S/C13H19NO2.ClH/c1-15-11-3-4-13(16-2)12(9-11)10-5-7-14-8-6-10;/h3-4,9-10,14H,5-8H2,1-2H3;1H. The van der Waals surface area contributed by atoms with E-state index in [1.807, 2.05) is 12.1 Å². The topological polar surface area (TPSA) is 30.5 Å². The van der Waals surface area contributed by atoms with Gasteiger partial charge in [0.15, 0.2) is 0 Å². The number of benzene rings is 1. The van der Waals surface area contributed by atoms with Gasteiger partial charge in [-0.3, -0.25) is 0 Å². The zero-order valence-electron chi connectivity index (χ0n) is 10.4. The normalized spacial score (nSPS) is 16.1. The summed E-state index contributed by atoms with van der Waals surface area (Å²) in [5.41, 5.74) is 1.28. The Bertz CT molecular complexity index is 351. The van der Waals surface area contributed by atoms with Gasteiger partial charge in [-0.2, -0.15) is 0 Å². The Balaban J connectivity index is 0.00000144. The van der Waals surface area contributed by atoms with E-state index in [4.69, 9.17) is 9.47 Å². The van der Waals surface area contributed by atoms with E-state index in [0.29, 0.717) is 5.92 Å². The second kappa shape index (κ2) is 6.72. The van der Waals surface area contributed by atoms with Crippen LogP contribution >= 0.6 is 12.4 Å². The lowest BCUT2D eigenvalue weighted by Crippen LogP contribution is -2.26. The highest BCUT2D eigenvalue weighted by atomic mass is 35.5. The first-order valence-corrected chi connectivity index (χ1v) is 5.78. The van der Waals surface area contributed by atoms with Gasteiger partial charge in [0.25, 0.3) is 0 Å². The van der Waals surface area contributed by atoms with Crippen molar-refractivity contribution in [1.82, 2.24) is 5.32 Å². The molecule has 1 N–H and O–H groups in total. The molecule has 2 rings (SSSR count). The molecule has 1 aliphatic rings. The Morgan fingerprint density at radius 2 is 1.82 bits per heavy atom. The van der Waals surface area contributed by atoms with Crippen molar-refractivity contribution < 1.29 is 9.47 Å². The van der Waals surface area contributed by atoms with E-state index in [0.717, 1.165) is 24.6 Å². The van der Waals surface area contributed by atoms with E-state index in [9.17, 15) is 0 Å². The van der Waals surface area contributed by atoms with E-state index in [1.54, 1.807) is 14.2 Å².